The van der Waals surface area contributed by atoms with Gasteiger partial charge in [0.25, 0.3) is 5.91 Å². The summed E-state index contributed by atoms with van der Waals surface area (Å²) < 4.78 is 5.34. The number of likely N-dealkylation sites (tertiary alicyclic amines) is 1. The molecule has 1 N–H and O–H groups in total. The van der Waals surface area contributed by atoms with Crippen LogP contribution in [0.5, 0.6) is 0 Å². The molecule has 0 bridgehead atoms. The van der Waals surface area contributed by atoms with Gasteiger partial charge in [0.05, 0.1) is 16.3 Å². The second kappa shape index (κ2) is 8.31. The molecule has 26 heavy (non-hydrogen) atoms. The van der Waals surface area contributed by atoms with Crippen molar-refractivity contribution in [1.82, 2.24) is 20.1 Å². The summed E-state index contributed by atoms with van der Waals surface area (Å²) in [5.74, 6) is 0.502. The molecule has 3 rings (SSSR count). The maximum Gasteiger partial charge on any atom is 0.322 e. The van der Waals surface area contributed by atoms with Crippen molar-refractivity contribution in [1.29, 1.82) is 0 Å². The number of thioether (sulfide) groups is 1. The van der Waals surface area contributed by atoms with Crippen LogP contribution in [0.4, 0.5) is 6.01 Å². The van der Waals surface area contributed by atoms with Gasteiger partial charge in [0.1, 0.15) is 0 Å². The molecule has 0 unspecified atom stereocenters. The fourth-order valence-electron chi connectivity index (χ4n) is 2.51. The van der Waals surface area contributed by atoms with Gasteiger partial charge in [-0.25, -0.2) is 4.98 Å². The second-order valence-electron chi connectivity index (χ2n) is 6.32. The van der Waals surface area contributed by atoms with Crippen LogP contribution >= 0.6 is 11.8 Å². The number of amides is 2. The third-order valence-electron chi connectivity index (χ3n) is 3.91. The van der Waals surface area contributed by atoms with Crippen LogP contribution in [-0.2, 0) is 4.79 Å². The lowest BCUT2D eigenvalue weighted by Crippen LogP contribution is -2.27. The molecular weight excluding hydrogens is 354 g/mol. The number of carbonyl (C=O) groups is 2. The Balaban J connectivity index is 1.49. The molecule has 0 aliphatic carbocycles. The average Bonchev–Trinajstić information content (AvgIpc) is 3.32. The standard InChI is InChI=1S/C17H21N5O3S/c1-11(2)15-20-21-17(25-15)19-13(23)10-26-14-6-5-12(9-18-14)16(24)22-7-3-4-8-22/h5-6,9,11H,3-4,7-8,10H2,1-2H3,(H,19,21,23). The topological polar surface area (TPSA) is 101 Å². The minimum atomic E-state index is -0.257. The minimum Gasteiger partial charge on any atom is -0.408 e. The molecular formula is C17H21N5O3S. The second-order valence-corrected chi connectivity index (χ2v) is 7.32. The van der Waals surface area contributed by atoms with Crippen molar-refractivity contribution in [3.05, 3.63) is 29.8 Å². The number of hydrogen-bond acceptors (Lipinski definition) is 7. The summed E-state index contributed by atoms with van der Waals surface area (Å²) in [6, 6.07) is 3.60. The molecule has 2 aromatic heterocycles. The van der Waals surface area contributed by atoms with Crippen LogP contribution in [0.3, 0.4) is 0 Å². The number of nitrogens with one attached hydrogen (secondary N) is 1. The largest absolute Gasteiger partial charge is 0.408 e. The highest BCUT2D eigenvalue weighted by atomic mass is 32.2. The number of anilines is 1. The number of carbonyl (C=O) groups excluding carboxylic acids is 2. The van der Waals surface area contributed by atoms with Gasteiger partial charge < -0.3 is 9.32 Å². The van der Waals surface area contributed by atoms with Crippen LogP contribution in [-0.4, -0.2) is 50.7 Å². The van der Waals surface area contributed by atoms with E-state index in [4.69, 9.17) is 4.42 Å². The molecule has 0 aromatic carbocycles. The first-order valence-corrected chi connectivity index (χ1v) is 9.53. The van der Waals surface area contributed by atoms with Gasteiger partial charge in [0.15, 0.2) is 0 Å². The van der Waals surface area contributed by atoms with E-state index in [9.17, 15) is 9.59 Å². The van der Waals surface area contributed by atoms with Crippen molar-refractivity contribution >= 4 is 29.6 Å². The Kier molecular flexibility index (Phi) is 5.87. The van der Waals surface area contributed by atoms with Crippen LogP contribution in [0.2, 0.25) is 0 Å². The predicted molar refractivity (Wildman–Crippen MR) is 97.1 cm³/mol. The van der Waals surface area contributed by atoms with E-state index in [2.05, 4.69) is 20.5 Å². The van der Waals surface area contributed by atoms with Gasteiger partial charge in [-0.1, -0.05) is 30.7 Å². The summed E-state index contributed by atoms with van der Waals surface area (Å²) in [6.07, 6.45) is 3.68. The van der Waals surface area contributed by atoms with Gasteiger partial charge in [-0.15, -0.1) is 5.10 Å². The van der Waals surface area contributed by atoms with Gasteiger partial charge in [-0.2, -0.15) is 0 Å². The van der Waals surface area contributed by atoms with Crippen molar-refractivity contribution in [3.63, 3.8) is 0 Å². The molecule has 9 heteroatoms. The molecule has 0 atom stereocenters. The Labute approximate surface area is 155 Å². The molecule has 2 amide bonds. The summed E-state index contributed by atoms with van der Waals surface area (Å²) in [7, 11) is 0. The van der Waals surface area contributed by atoms with Crippen LogP contribution in [0, 0.1) is 0 Å². The van der Waals surface area contributed by atoms with E-state index in [1.165, 1.54) is 11.8 Å². The van der Waals surface area contributed by atoms with E-state index in [0.29, 0.717) is 16.5 Å². The van der Waals surface area contributed by atoms with Gasteiger partial charge in [-0.3, -0.25) is 14.9 Å². The summed E-state index contributed by atoms with van der Waals surface area (Å²) in [5.41, 5.74) is 0.577. The van der Waals surface area contributed by atoms with E-state index in [0.717, 1.165) is 25.9 Å². The molecule has 1 saturated heterocycles. The zero-order valence-electron chi connectivity index (χ0n) is 14.8. The SMILES string of the molecule is CC(C)c1nnc(NC(=O)CSc2ccc(C(=O)N3CCCC3)cn2)o1. The first kappa shape index (κ1) is 18.4. The van der Waals surface area contributed by atoms with Crippen molar-refractivity contribution in [3.8, 4) is 0 Å². The van der Waals surface area contributed by atoms with E-state index in [-0.39, 0.29) is 29.5 Å². The number of nitrogens with zero attached hydrogens (tertiary/aromatic N) is 4. The van der Waals surface area contributed by atoms with E-state index >= 15 is 0 Å². The third kappa shape index (κ3) is 4.60. The lowest BCUT2D eigenvalue weighted by atomic mass is 10.2. The lowest BCUT2D eigenvalue weighted by molar-refractivity contribution is -0.113. The van der Waals surface area contributed by atoms with Crippen molar-refractivity contribution in [2.24, 2.45) is 0 Å². The summed E-state index contributed by atoms with van der Waals surface area (Å²) in [6.45, 7) is 5.48. The quantitative estimate of drug-likeness (QED) is 0.774. The average molecular weight is 375 g/mol. The van der Waals surface area contributed by atoms with Crippen molar-refractivity contribution in [2.45, 2.75) is 37.6 Å². The first-order chi connectivity index (χ1) is 12.5. The minimum absolute atomic E-state index is 0.0154. The van der Waals surface area contributed by atoms with Crippen molar-refractivity contribution in [2.75, 3.05) is 24.2 Å². The van der Waals surface area contributed by atoms with Crippen LogP contribution in [0.15, 0.2) is 27.8 Å². The van der Waals surface area contributed by atoms with Gasteiger partial charge in [0, 0.05) is 25.2 Å². The maximum absolute atomic E-state index is 12.3. The highest BCUT2D eigenvalue weighted by molar-refractivity contribution is 7.99. The zero-order chi connectivity index (χ0) is 18.5. The van der Waals surface area contributed by atoms with Crippen LogP contribution in [0.25, 0.3) is 0 Å². The summed E-state index contributed by atoms with van der Waals surface area (Å²) in [5, 5.41) is 10.9. The van der Waals surface area contributed by atoms with E-state index in [1.807, 2.05) is 18.7 Å². The van der Waals surface area contributed by atoms with Crippen LogP contribution < -0.4 is 5.32 Å². The first-order valence-electron chi connectivity index (χ1n) is 8.54. The number of rotatable bonds is 6. The molecule has 138 valence electrons. The molecule has 3 heterocycles. The fraction of sp³-hybridized carbons (Fsp3) is 0.471. The Bertz CT molecular complexity index is 769. The normalized spacial score (nSPS) is 14.0. The fourth-order valence-corrected chi connectivity index (χ4v) is 3.15. The molecule has 1 fully saturated rings. The molecule has 0 radical (unpaired) electrons. The molecule has 2 aromatic rings. The molecule has 1 aliphatic heterocycles. The Morgan fingerprint density at radius 1 is 1.27 bits per heavy atom. The molecule has 0 spiro atoms. The Morgan fingerprint density at radius 3 is 2.65 bits per heavy atom. The zero-order valence-corrected chi connectivity index (χ0v) is 15.6. The molecule has 0 saturated carbocycles. The van der Waals surface area contributed by atoms with Gasteiger partial charge >= 0.3 is 6.01 Å². The van der Waals surface area contributed by atoms with E-state index in [1.54, 1.807) is 18.3 Å². The van der Waals surface area contributed by atoms with Gasteiger partial charge in [0.2, 0.25) is 11.8 Å². The Morgan fingerprint density at radius 2 is 2.04 bits per heavy atom. The van der Waals surface area contributed by atoms with Crippen LogP contribution in [0.1, 0.15) is 48.9 Å². The van der Waals surface area contributed by atoms with Gasteiger partial charge in [-0.05, 0) is 25.0 Å². The third-order valence-corrected chi connectivity index (χ3v) is 4.85. The van der Waals surface area contributed by atoms with E-state index < -0.39 is 0 Å². The Hall–Kier alpha value is -2.42. The predicted octanol–water partition coefficient (Wildman–Crippen LogP) is 2.55. The number of aromatic nitrogens is 3. The maximum atomic E-state index is 12.3. The summed E-state index contributed by atoms with van der Waals surface area (Å²) >= 11 is 1.28. The highest BCUT2D eigenvalue weighted by Gasteiger charge is 2.19. The molecule has 8 nitrogen and oxygen atoms in total. The number of pyridine rings is 1. The lowest BCUT2D eigenvalue weighted by Gasteiger charge is -2.14. The smallest absolute Gasteiger partial charge is 0.322 e. The summed E-state index contributed by atoms with van der Waals surface area (Å²) in [4.78, 5) is 30.3. The van der Waals surface area contributed by atoms with Crippen molar-refractivity contribution < 1.29 is 14.0 Å². The highest BCUT2D eigenvalue weighted by Crippen LogP contribution is 2.19. The number of hydrogen-bond donors (Lipinski definition) is 1. The molecule has 1 aliphatic rings. The monoisotopic (exact) mass is 375 g/mol.